The lowest BCUT2D eigenvalue weighted by Gasteiger charge is -2.13. The summed E-state index contributed by atoms with van der Waals surface area (Å²) in [5.74, 6) is -0.474. The van der Waals surface area contributed by atoms with Crippen molar-refractivity contribution in [3.05, 3.63) is 46.6 Å². The highest BCUT2D eigenvalue weighted by molar-refractivity contribution is 5.73. The van der Waals surface area contributed by atoms with Gasteiger partial charge in [-0.15, -0.1) is 0 Å². The number of nitrogens with two attached hydrogens (primary N) is 1. The molecule has 0 atom stereocenters. The maximum atomic E-state index is 10.7. The maximum Gasteiger partial charge on any atom is 0.154 e. The average molecular weight is 284 g/mol. The van der Waals surface area contributed by atoms with E-state index in [9.17, 15) is 9.90 Å². The van der Waals surface area contributed by atoms with Gasteiger partial charge in [-0.05, 0) is 55.7 Å². The molecule has 5 nitrogen and oxygen atoms in total. The van der Waals surface area contributed by atoms with Crippen LogP contribution in [0.25, 0.3) is 0 Å². The lowest BCUT2D eigenvalue weighted by Crippen LogP contribution is -2.24. The first kappa shape index (κ1) is 14.8. The molecule has 2 rings (SSSR count). The van der Waals surface area contributed by atoms with E-state index < -0.39 is 5.97 Å². The number of pyridine rings is 1. The zero-order chi connectivity index (χ0) is 15.6. The highest BCUT2D eigenvalue weighted by Gasteiger charge is 2.07. The number of hydrogen-bond donors (Lipinski definition) is 2. The third-order valence-corrected chi connectivity index (χ3v) is 3.33. The van der Waals surface area contributed by atoms with Gasteiger partial charge in [0.25, 0.3) is 0 Å². The monoisotopic (exact) mass is 284 g/mol. The Morgan fingerprint density at radius 1 is 1.24 bits per heavy atom. The number of anilines is 3. The first-order valence-electron chi connectivity index (χ1n) is 6.67. The fourth-order valence-electron chi connectivity index (χ4n) is 2.21. The van der Waals surface area contributed by atoms with E-state index in [0.717, 1.165) is 28.1 Å². The smallest absolute Gasteiger partial charge is 0.154 e. The van der Waals surface area contributed by atoms with E-state index in [4.69, 9.17) is 5.73 Å². The molecule has 0 aliphatic rings. The fraction of sp³-hybridized carbons (Fsp3) is 0.250. The van der Waals surface area contributed by atoms with Crippen LogP contribution in [0.3, 0.4) is 0 Å². The average Bonchev–Trinajstić information content (AvgIpc) is 2.38. The SMILES string of the molecule is Cc1cc(C)c(N)c(Nc2ccc(CC(=O)[O-])c(C)c2)n1. The summed E-state index contributed by atoms with van der Waals surface area (Å²) < 4.78 is 0. The molecule has 110 valence electrons. The largest absolute Gasteiger partial charge is 0.550 e. The molecule has 0 saturated carbocycles. The van der Waals surface area contributed by atoms with Gasteiger partial charge in [0.1, 0.15) is 0 Å². The van der Waals surface area contributed by atoms with Crippen molar-refractivity contribution in [2.45, 2.75) is 27.2 Å². The Kier molecular flexibility index (Phi) is 4.12. The Morgan fingerprint density at radius 3 is 2.57 bits per heavy atom. The predicted molar refractivity (Wildman–Crippen MR) is 81.3 cm³/mol. The summed E-state index contributed by atoms with van der Waals surface area (Å²) in [6, 6.07) is 7.38. The number of aromatic nitrogens is 1. The second-order valence-electron chi connectivity index (χ2n) is 5.16. The number of nitrogen functional groups attached to an aromatic ring is 1. The molecular formula is C16H18N3O2-. The molecule has 1 aromatic carbocycles. The second-order valence-corrected chi connectivity index (χ2v) is 5.16. The van der Waals surface area contributed by atoms with E-state index in [1.807, 2.05) is 39.0 Å². The van der Waals surface area contributed by atoms with Gasteiger partial charge in [0.05, 0.1) is 5.69 Å². The van der Waals surface area contributed by atoms with Crippen LogP contribution in [-0.2, 0) is 11.2 Å². The normalized spacial score (nSPS) is 10.4. The van der Waals surface area contributed by atoms with Crippen LogP contribution in [0.1, 0.15) is 22.4 Å². The van der Waals surface area contributed by atoms with Crippen LogP contribution in [0.15, 0.2) is 24.3 Å². The van der Waals surface area contributed by atoms with Crippen LogP contribution in [0.5, 0.6) is 0 Å². The van der Waals surface area contributed by atoms with E-state index >= 15 is 0 Å². The molecule has 0 radical (unpaired) electrons. The Bertz CT molecular complexity index is 696. The van der Waals surface area contributed by atoms with E-state index in [-0.39, 0.29) is 6.42 Å². The maximum absolute atomic E-state index is 10.7. The van der Waals surface area contributed by atoms with Gasteiger partial charge in [0.15, 0.2) is 5.82 Å². The predicted octanol–water partition coefficient (Wildman–Crippen LogP) is 1.63. The second kappa shape index (κ2) is 5.83. The van der Waals surface area contributed by atoms with Gasteiger partial charge in [-0.2, -0.15) is 0 Å². The van der Waals surface area contributed by atoms with Crippen molar-refractivity contribution in [1.29, 1.82) is 0 Å². The Morgan fingerprint density at radius 2 is 1.95 bits per heavy atom. The minimum atomic E-state index is -1.08. The Balaban J connectivity index is 2.28. The number of nitrogens with one attached hydrogen (secondary N) is 1. The number of aryl methyl sites for hydroxylation is 3. The van der Waals surface area contributed by atoms with Crippen LogP contribution in [0.4, 0.5) is 17.2 Å². The minimum Gasteiger partial charge on any atom is -0.550 e. The topological polar surface area (TPSA) is 91.1 Å². The number of carboxylic acids is 1. The van der Waals surface area contributed by atoms with Crippen molar-refractivity contribution in [3.8, 4) is 0 Å². The molecule has 0 amide bonds. The number of carbonyl (C=O) groups is 1. The molecule has 1 aromatic heterocycles. The highest BCUT2D eigenvalue weighted by atomic mass is 16.4. The van der Waals surface area contributed by atoms with Crippen molar-refractivity contribution in [2.24, 2.45) is 0 Å². The quantitative estimate of drug-likeness (QED) is 0.890. The molecule has 3 N–H and O–H groups in total. The molecule has 0 bridgehead atoms. The van der Waals surface area contributed by atoms with Gasteiger partial charge < -0.3 is 21.0 Å². The van der Waals surface area contributed by atoms with Gasteiger partial charge >= 0.3 is 0 Å². The third kappa shape index (κ3) is 3.51. The molecular weight excluding hydrogens is 266 g/mol. The van der Waals surface area contributed by atoms with E-state index in [0.29, 0.717) is 11.5 Å². The standard InChI is InChI=1S/C16H19N3O2/c1-9-7-13(5-4-12(9)8-14(20)21)19-16-15(17)10(2)6-11(3)18-16/h4-7H,8,17H2,1-3H3,(H,18,19)(H,20,21)/p-1. The van der Waals surface area contributed by atoms with Crippen molar-refractivity contribution in [3.63, 3.8) is 0 Å². The minimum absolute atomic E-state index is 0.0872. The van der Waals surface area contributed by atoms with Crippen LogP contribution < -0.4 is 16.2 Å². The Labute approximate surface area is 123 Å². The number of aliphatic carboxylic acids is 1. The van der Waals surface area contributed by atoms with E-state index in [2.05, 4.69) is 10.3 Å². The summed E-state index contributed by atoms with van der Waals surface area (Å²) in [5.41, 5.74) is 10.9. The van der Waals surface area contributed by atoms with Gasteiger partial charge in [-0.25, -0.2) is 4.98 Å². The lowest BCUT2D eigenvalue weighted by molar-refractivity contribution is -0.304. The number of nitrogens with zero attached hydrogens (tertiary/aromatic N) is 1. The molecule has 0 aliphatic carbocycles. The molecule has 21 heavy (non-hydrogen) atoms. The van der Waals surface area contributed by atoms with Gasteiger partial charge in [0, 0.05) is 23.8 Å². The molecule has 2 aromatic rings. The number of benzene rings is 1. The summed E-state index contributed by atoms with van der Waals surface area (Å²) in [6.07, 6.45) is -0.0872. The van der Waals surface area contributed by atoms with Crippen LogP contribution in [0, 0.1) is 20.8 Å². The lowest BCUT2D eigenvalue weighted by atomic mass is 10.0. The van der Waals surface area contributed by atoms with Gasteiger partial charge in [-0.3, -0.25) is 0 Å². The summed E-state index contributed by atoms with van der Waals surface area (Å²) in [7, 11) is 0. The highest BCUT2D eigenvalue weighted by Crippen LogP contribution is 2.25. The molecule has 0 unspecified atom stereocenters. The summed E-state index contributed by atoms with van der Waals surface area (Å²) in [4.78, 5) is 15.1. The molecule has 5 heteroatoms. The van der Waals surface area contributed by atoms with Crippen LogP contribution in [0.2, 0.25) is 0 Å². The van der Waals surface area contributed by atoms with Crippen molar-refractivity contribution in [2.75, 3.05) is 11.1 Å². The molecule has 0 spiro atoms. The first-order chi connectivity index (χ1) is 9.86. The number of carbonyl (C=O) groups excluding carboxylic acids is 1. The number of hydrogen-bond acceptors (Lipinski definition) is 5. The Hall–Kier alpha value is -2.56. The molecule has 0 fully saturated rings. The van der Waals surface area contributed by atoms with E-state index in [1.165, 1.54) is 0 Å². The zero-order valence-electron chi connectivity index (χ0n) is 12.4. The molecule has 0 saturated heterocycles. The van der Waals surface area contributed by atoms with Crippen molar-refractivity contribution < 1.29 is 9.90 Å². The van der Waals surface area contributed by atoms with Crippen molar-refractivity contribution in [1.82, 2.24) is 4.98 Å². The van der Waals surface area contributed by atoms with Crippen molar-refractivity contribution >= 4 is 23.2 Å². The van der Waals surface area contributed by atoms with Gasteiger partial charge in [-0.1, -0.05) is 6.07 Å². The van der Waals surface area contributed by atoms with Crippen LogP contribution >= 0.6 is 0 Å². The fourth-order valence-corrected chi connectivity index (χ4v) is 2.21. The third-order valence-electron chi connectivity index (χ3n) is 3.33. The van der Waals surface area contributed by atoms with Gasteiger partial charge in [0.2, 0.25) is 0 Å². The number of carboxylic acid groups (broad SMARTS) is 1. The summed E-state index contributed by atoms with van der Waals surface area (Å²) in [5, 5.41) is 13.8. The summed E-state index contributed by atoms with van der Waals surface area (Å²) >= 11 is 0. The number of rotatable bonds is 4. The summed E-state index contributed by atoms with van der Waals surface area (Å²) in [6.45, 7) is 5.71. The van der Waals surface area contributed by atoms with E-state index in [1.54, 1.807) is 6.07 Å². The first-order valence-corrected chi connectivity index (χ1v) is 6.67. The zero-order valence-corrected chi connectivity index (χ0v) is 12.4. The van der Waals surface area contributed by atoms with Crippen LogP contribution in [-0.4, -0.2) is 11.0 Å². The molecule has 0 aliphatic heterocycles. The molecule has 1 heterocycles.